The number of benzene rings is 4. The molecule has 3 amide bonds. The van der Waals surface area contributed by atoms with Gasteiger partial charge < -0.3 is 16.0 Å². The van der Waals surface area contributed by atoms with Crippen molar-refractivity contribution in [1.82, 2.24) is 5.32 Å². The van der Waals surface area contributed by atoms with Gasteiger partial charge in [-0.2, -0.15) is 0 Å². The van der Waals surface area contributed by atoms with E-state index in [0.29, 0.717) is 31.9 Å². The highest BCUT2D eigenvalue weighted by molar-refractivity contribution is 8.00. The second kappa shape index (κ2) is 14.2. The van der Waals surface area contributed by atoms with E-state index in [1.807, 2.05) is 0 Å². The van der Waals surface area contributed by atoms with Crippen LogP contribution in [0.15, 0.2) is 102 Å². The molecule has 0 fully saturated rings. The van der Waals surface area contributed by atoms with Crippen LogP contribution >= 0.6 is 46.6 Å². The van der Waals surface area contributed by atoms with E-state index in [9.17, 15) is 18.8 Å². The smallest absolute Gasteiger partial charge is 0.272 e. The molecule has 0 spiro atoms. The molecule has 0 saturated carbocycles. The summed E-state index contributed by atoms with van der Waals surface area (Å²) in [6.07, 6.45) is 1.18. The van der Waals surface area contributed by atoms with E-state index in [0.717, 1.165) is 0 Å². The molecule has 0 aliphatic rings. The van der Waals surface area contributed by atoms with Crippen molar-refractivity contribution < 1.29 is 18.8 Å². The van der Waals surface area contributed by atoms with Gasteiger partial charge in [-0.15, -0.1) is 11.8 Å². The zero-order valence-corrected chi connectivity index (χ0v) is 24.2. The van der Waals surface area contributed by atoms with Gasteiger partial charge in [-0.25, -0.2) is 4.39 Å². The molecule has 6 nitrogen and oxygen atoms in total. The van der Waals surface area contributed by atoms with Crippen molar-refractivity contribution in [2.45, 2.75) is 4.90 Å². The number of nitrogens with one attached hydrogen (secondary N) is 3. The molecular formula is C30H21Cl3FN3O3S. The molecular weight excluding hydrogens is 608 g/mol. The van der Waals surface area contributed by atoms with Gasteiger partial charge in [0.25, 0.3) is 11.8 Å². The van der Waals surface area contributed by atoms with Gasteiger partial charge in [-0.3, -0.25) is 14.4 Å². The lowest BCUT2D eigenvalue weighted by Gasteiger charge is -2.13. The summed E-state index contributed by atoms with van der Waals surface area (Å²) in [5.41, 5.74) is 0.945. The summed E-state index contributed by atoms with van der Waals surface area (Å²) >= 11 is 19.3. The number of amides is 3. The molecule has 0 aromatic heterocycles. The third-order valence-corrected chi connectivity index (χ3v) is 7.54. The van der Waals surface area contributed by atoms with E-state index in [2.05, 4.69) is 16.0 Å². The van der Waals surface area contributed by atoms with Crippen LogP contribution in [-0.4, -0.2) is 23.5 Å². The van der Waals surface area contributed by atoms with Crippen LogP contribution in [0.4, 0.5) is 15.8 Å². The molecule has 11 heteroatoms. The highest BCUT2D eigenvalue weighted by Gasteiger charge is 2.17. The number of carbonyl (C=O) groups excluding carboxylic acids is 3. The first-order valence-electron chi connectivity index (χ1n) is 12.0. The van der Waals surface area contributed by atoms with Gasteiger partial charge in [0.05, 0.1) is 20.8 Å². The normalized spacial score (nSPS) is 11.1. The number of thioether (sulfide) groups is 1. The fourth-order valence-corrected chi connectivity index (χ4v) is 4.79. The Kier molecular flexibility index (Phi) is 10.4. The number of hydrogen-bond donors (Lipinski definition) is 3. The molecule has 0 bridgehead atoms. The lowest BCUT2D eigenvalue weighted by atomic mass is 10.1. The maximum atomic E-state index is 14.5. The Morgan fingerprint density at radius 2 is 1.49 bits per heavy atom. The number of halogens is 4. The molecule has 4 aromatic rings. The van der Waals surface area contributed by atoms with Crippen LogP contribution in [-0.2, 0) is 9.59 Å². The highest BCUT2D eigenvalue weighted by Crippen LogP contribution is 2.27. The van der Waals surface area contributed by atoms with Crippen molar-refractivity contribution in [1.29, 1.82) is 0 Å². The minimum absolute atomic E-state index is 0.0510. The third kappa shape index (κ3) is 8.58. The summed E-state index contributed by atoms with van der Waals surface area (Å²) in [6, 6.07) is 24.0. The second-order valence-electron chi connectivity index (χ2n) is 8.46. The average Bonchev–Trinajstić information content (AvgIpc) is 2.96. The molecule has 4 aromatic carbocycles. The summed E-state index contributed by atoms with van der Waals surface area (Å²) in [4.78, 5) is 39.2. The lowest BCUT2D eigenvalue weighted by molar-refractivity contribution is -0.114. The molecule has 0 aliphatic carbocycles. The van der Waals surface area contributed by atoms with E-state index in [-0.39, 0.29) is 27.9 Å². The Hall–Kier alpha value is -3.82. The molecule has 3 N–H and O–H groups in total. The maximum absolute atomic E-state index is 14.5. The van der Waals surface area contributed by atoms with Crippen LogP contribution in [0.1, 0.15) is 15.9 Å². The molecule has 0 unspecified atom stereocenters. The molecule has 0 heterocycles. The summed E-state index contributed by atoms with van der Waals surface area (Å²) in [5.74, 6) is -2.10. The monoisotopic (exact) mass is 627 g/mol. The van der Waals surface area contributed by atoms with E-state index < -0.39 is 17.6 Å². The molecule has 208 valence electrons. The number of carbonyl (C=O) groups is 3. The summed E-state index contributed by atoms with van der Waals surface area (Å²) < 4.78 is 14.5. The van der Waals surface area contributed by atoms with Crippen LogP contribution in [0.3, 0.4) is 0 Å². The van der Waals surface area contributed by atoms with E-state index >= 15 is 0 Å². The van der Waals surface area contributed by atoms with Crippen LogP contribution in [0, 0.1) is 5.82 Å². The average molecular weight is 629 g/mol. The molecule has 0 aliphatic heterocycles. The minimum Gasteiger partial charge on any atom is -0.325 e. The van der Waals surface area contributed by atoms with Crippen LogP contribution in [0.2, 0.25) is 15.1 Å². The van der Waals surface area contributed by atoms with Crippen LogP contribution in [0.25, 0.3) is 6.08 Å². The molecule has 0 atom stereocenters. The Morgan fingerprint density at radius 1 is 0.756 bits per heavy atom. The minimum atomic E-state index is -0.701. The zero-order chi connectivity index (χ0) is 29.4. The Bertz CT molecular complexity index is 1610. The van der Waals surface area contributed by atoms with Gasteiger partial charge in [0.2, 0.25) is 5.91 Å². The quantitative estimate of drug-likeness (QED) is 0.130. The number of hydrogen-bond acceptors (Lipinski definition) is 4. The first-order chi connectivity index (χ1) is 19.7. The third-order valence-electron chi connectivity index (χ3n) is 5.48. The van der Waals surface area contributed by atoms with E-state index in [1.54, 1.807) is 72.8 Å². The van der Waals surface area contributed by atoms with E-state index in [4.69, 9.17) is 34.8 Å². The fourth-order valence-electron chi connectivity index (χ4n) is 3.52. The summed E-state index contributed by atoms with van der Waals surface area (Å²) in [7, 11) is 0. The first-order valence-corrected chi connectivity index (χ1v) is 14.1. The van der Waals surface area contributed by atoms with Gasteiger partial charge >= 0.3 is 0 Å². The van der Waals surface area contributed by atoms with Gasteiger partial charge in [0.15, 0.2) is 0 Å². The Balaban J connectivity index is 1.48. The highest BCUT2D eigenvalue weighted by atomic mass is 35.5. The predicted molar refractivity (Wildman–Crippen MR) is 164 cm³/mol. The van der Waals surface area contributed by atoms with Crippen molar-refractivity contribution in [3.05, 3.63) is 129 Å². The fraction of sp³-hybridized carbons (Fsp3) is 0.0333. The first kappa shape index (κ1) is 30.1. The van der Waals surface area contributed by atoms with Crippen molar-refractivity contribution in [3.63, 3.8) is 0 Å². The largest absolute Gasteiger partial charge is 0.325 e. The zero-order valence-electron chi connectivity index (χ0n) is 21.1. The predicted octanol–water partition coefficient (Wildman–Crippen LogP) is 7.93. The van der Waals surface area contributed by atoms with E-state index in [1.165, 1.54) is 36.0 Å². The van der Waals surface area contributed by atoms with Crippen LogP contribution < -0.4 is 16.0 Å². The Morgan fingerprint density at radius 3 is 2.22 bits per heavy atom. The number of anilines is 2. The van der Waals surface area contributed by atoms with Crippen molar-refractivity contribution >= 4 is 81.7 Å². The topological polar surface area (TPSA) is 87.3 Å². The molecule has 0 radical (unpaired) electrons. The maximum Gasteiger partial charge on any atom is 0.272 e. The molecule has 41 heavy (non-hydrogen) atoms. The Labute approximate surface area is 254 Å². The van der Waals surface area contributed by atoms with Gasteiger partial charge in [0, 0.05) is 27.4 Å². The summed E-state index contributed by atoms with van der Waals surface area (Å²) in [5, 5.41) is 8.78. The molecule has 4 rings (SSSR count). The van der Waals surface area contributed by atoms with Gasteiger partial charge in [0.1, 0.15) is 11.5 Å². The number of rotatable bonds is 9. The van der Waals surface area contributed by atoms with Crippen molar-refractivity contribution in [2.24, 2.45) is 0 Å². The van der Waals surface area contributed by atoms with Crippen LogP contribution in [0.5, 0.6) is 0 Å². The van der Waals surface area contributed by atoms with Crippen molar-refractivity contribution in [2.75, 3.05) is 16.4 Å². The van der Waals surface area contributed by atoms with Gasteiger partial charge in [-0.05, 0) is 66.7 Å². The summed E-state index contributed by atoms with van der Waals surface area (Å²) in [6.45, 7) is 0. The lowest BCUT2D eigenvalue weighted by Crippen LogP contribution is -2.30. The van der Waals surface area contributed by atoms with Crippen molar-refractivity contribution in [3.8, 4) is 0 Å². The second-order valence-corrected chi connectivity index (χ2v) is 10.7. The van der Waals surface area contributed by atoms with Gasteiger partial charge in [-0.1, -0.05) is 65.1 Å². The standard InChI is InChI=1S/C30H21Cl3FN3O3S/c31-23-10-5-11-26(34)22(23)16-27(37-29(39)18-6-2-1-3-7-18)30(40)36-19-8-4-9-21(14-19)41-17-28(38)35-20-12-13-24(32)25(33)15-20/h1-16H,17H2,(H,35,38)(H,36,40)(H,37,39)/b27-16+. The molecule has 0 saturated heterocycles. The SMILES string of the molecule is O=C(CSc1cccc(NC(=O)/C(=C\c2c(F)cccc2Cl)NC(=O)c2ccccc2)c1)Nc1ccc(Cl)c(Cl)c1.